The Morgan fingerprint density at radius 3 is 2.52 bits per heavy atom. The Hall–Kier alpha value is -2.33. The summed E-state index contributed by atoms with van der Waals surface area (Å²) < 4.78 is 1.66. The first-order valence-electron chi connectivity index (χ1n) is 6.61. The van der Waals surface area contributed by atoms with E-state index in [2.05, 4.69) is 10.3 Å². The van der Waals surface area contributed by atoms with Crippen LogP contribution in [0, 0.1) is 13.8 Å². The van der Waals surface area contributed by atoms with Crippen molar-refractivity contribution >= 4 is 17.4 Å². The topological polar surface area (TPSA) is 56.7 Å². The van der Waals surface area contributed by atoms with Crippen molar-refractivity contribution < 1.29 is 0 Å². The lowest BCUT2D eigenvalue weighted by molar-refractivity contribution is 0.806. The second kappa shape index (κ2) is 5.22. The van der Waals surface area contributed by atoms with Gasteiger partial charge in [0.1, 0.15) is 5.69 Å². The van der Waals surface area contributed by atoms with E-state index in [1.807, 2.05) is 56.3 Å². The number of anilines is 1. The minimum atomic E-state index is 0.519. The predicted molar refractivity (Wildman–Crippen MR) is 85.7 cm³/mol. The van der Waals surface area contributed by atoms with E-state index in [0.29, 0.717) is 11.5 Å². The zero-order valence-electron chi connectivity index (χ0n) is 11.8. The van der Waals surface area contributed by atoms with E-state index in [0.717, 1.165) is 27.4 Å². The summed E-state index contributed by atoms with van der Waals surface area (Å²) in [6.07, 6.45) is 0. The highest BCUT2D eigenvalue weighted by Crippen LogP contribution is 2.28. The van der Waals surface area contributed by atoms with Crippen LogP contribution in [0.1, 0.15) is 11.1 Å². The molecule has 2 aromatic carbocycles. The summed E-state index contributed by atoms with van der Waals surface area (Å²) in [4.78, 5) is 0. The van der Waals surface area contributed by atoms with Gasteiger partial charge in [-0.15, -0.1) is 5.10 Å². The molecule has 0 aliphatic rings. The Balaban J connectivity index is 2.11. The molecule has 5 heteroatoms. The monoisotopic (exact) mass is 298 g/mol. The smallest absolute Gasteiger partial charge is 0.155 e. The summed E-state index contributed by atoms with van der Waals surface area (Å²) in [6.45, 7) is 3.97. The van der Waals surface area contributed by atoms with Gasteiger partial charge in [0.15, 0.2) is 5.82 Å². The van der Waals surface area contributed by atoms with Gasteiger partial charge in [0.2, 0.25) is 0 Å². The molecule has 2 N–H and O–H groups in total. The molecule has 4 nitrogen and oxygen atoms in total. The normalized spacial score (nSPS) is 10.8. The Bertz CT molecular complexity index is 808. The molecule has 3 rings (SSSR count). The molecule has 3 aromatic rings. The molecule has 0 fully saturated rings. The lowest BCUT2D eigenvalue weighted by atomic mass is 10.1. The molecule has 0 amide bonds. The average Bonchev–Trinajstić information content (AvgIpc) is 2.84. The van der Waals surface area contributed by atoms with E-state index in [1.54, 1.807) is 4.68 Å². The van der Waals surface area contributed by atoms with Crippen molar-refractivity contribution in [3.05, 3.63) is 58.6 Å². The number of rotatable bonds is 2. The van der Waals surface area contributed by atoms with Crippen LogP contribution in [0.2, 0.25) is 5.02 Å². The molecule has 0 radical (unpaired) electrons. The fraction of sp³-hybridized carbons (Fsp3) is 0.125. The zero-order valence-corrected chi connectivity index (χ0v) is 12.6. The highest BCUT2D eigenvalue weighted by molar-refractivity contribution is 6.31. The molecule has 106 valence electrons. The van der Waals surface area contributed by atoms with E-state index >= 15 is 0 Å². The maximum absolute atomic E-state index is 6.23. The molecule has 0 saturated carbocycles. The van der Waals surface area contributed by atoms with Crippen LogP contribution in [0.25, 0.3) is 16.9 Å². The second-order valence-corrected chi connectivity index (χ2v) is 5.39. The summed E-state index contributed by atoms with van der Waals surface area (Å²) in [6, 6.07) is 13.6. The molecule has 21 heavy (non-hydrogen) atoms. The van der Waals surface area contributed by atoms with Crippen LogP contribution >= 0.6 is 11.6 Å². The SMILES string of the molecule is Cc1cc(-c2nnn(-c3ccccc3C)c2N)ccc1Cl. The van der Waals surface area contributed by atoms with Gasteiger partial charge in [-0.05, 0) is 43.2 Å². The predicted octanol–water partition coefficient (Wildman–Crippen LogP) is 3.79. The highest BCUT2D eigenvalue weighted by atomic mass is 35.5. The van der Waals surface area contributed by atoms with E-state index in [4.69, 9.17) is 17.3 Å². The van der Waals surface area contributed by atoms with Crippen LogP contribution in [0.3, 0.4) is 0 Å². The van der Waals surface area contributed by atoms with E-state index in [9.17, 15) is 0 Å². The number of halogens is 1. The van der Waals surface area contributed by atoms with Crippen LogP contribution in [-0.4, -0.2) is 15.0 Å². The average molecular weight is 299 g/mol. The largest absolute Gasteiger partial charge is 0.382 e. The van der Waals surface area contributed by atoms with Gasteiger partial charge in [0.25, 0.3) is 0 Å². The van der Waals surface area contributed by atoms with Gasteiger partial charge in [-0.3, -0.25) is 0 Å². The molecule has 0 bridgehead atoms. The van der Waals surface area contributed by atoms with Crippen molar-refractivity contribution in [2.24, 2.45) is 0 Å². The Labute approximate surface area is 128 Å². The molecule has 1 aromatic heterocycles. The maximum Gasteiger partial charge on any atom is 0.155 e. The van der Waals surface area contributed by atoms with Gasteiger partial charge >= 0.3 is 0 Å². The first kappa shape index (κ1) is 13.6. The Kier molecular flexibility index (Phi) is 3.39. The number of nitrogens with zero attached hydrogens (tertiary/aromatic N) is 3. The number of hydrogen-bond donors (Lipinski definition) is 1. The fourth-order valence-corrected chi connectivity index (χ4v) is 2.38. The van der Waals surface area contributed by atoms with Crippen molar-refractivity contribution in [3.8, 4) is 16.9 Å². The summed E-state index contributed by atoms with van der Waals surface area (Å²) in [7, 11) is 0. The zero-order chi connectivity index (χ0) is 15.0. The molecule has 0 spiro atoms. The number of aryl methyl sites for hydroxylation is 2. The van der Waals surface area contributed by atoms with Crippen molar-refractivity contribution in [1.82, 2.24) is 15.0 Å². The third-order valence-corrected chi connectivity index (χ3v) is 3.90. The summed E-state index contributed by atoms with van der Waals surface area (Å²) >= 11 is 6.06. The van der Waals surface area contributed by atoms with Crippen LogP contribution in [0.4, 0.5) is 5.82 Å². The second-order valence-electron chi connectivity index (χ2n) is 4.99. The molecule has 0 unspecified atom stereocenters. The molecular weight excluding hydrogens is 284 g/mol. The van der Waals surface area contributed by atoms with Crippen molar-refractivity contribution in [2.45, 2.75) is 13.8 Å². The fourth-order valence-electron chi connectivity index (χ4n) is 2.27. The van der Waals surface area contributed by atoms with Crippen LogP contribution in [0.15, 0.2) is 42.5 Å². The number of hydrogen-bond acceptors (Lipinski definition) is 3. The minimum absolute atomic E-state index is 0.519. The summed E-state index contributed by atoms with van der Waals surface area (Å²) in [5.41, 5.74) is 10.8. The van der Waals surface area contributed by atoms with Gasteiger partial charge in [-0.25, -0.2) is 0 Å². The number of benzene rings is 2. The van der Waals surface area contributed by atoms with Gasteiger partial charge in [0, 0.05) is 10.6 Å². The maximum atomic E-state index is 6.23. The third kappa shape index (κ3) is 2.38. The van der Waals surface area contributed by atoms with Crippen LogP contribution in [0.5, 0.6) is 0 Å². The van der Waals surface area contributed by atoms with Crippen LogP contribution < -0.4 is 5.73 Å². The van der Waals surface area contributed by atoms with Crippen LogP contribution in [-0.2, 0) is 0 Å². The lowest BCUT2D eigenvalue weighted by Crippen LogP contribution is -2.04. The first-order valence-corrected chi connectivity index (χ1v) is 6.99. The van der Waals surface area contributed by atoms with Crippen molar-refractivity contribution in [1.29, 1.82) is 0 Å². The molecule has 0 aliphatic heterocycles. The Morgan fingerprint density at radius 2 is 1.81 bits per heavy atom. The van der Waals surface area contributed by atoms with Gasteiger partial charge in [-0.1, -0.05) is 41.1 Å². The molecule has 0 aliphatic carbocycles. The van der Waals surface area contributed by atoms with Crippen molar-refractivity contribution in [3.63, 3.8) is 0 Å². The number of nitrogens with two attached hydrogens (primary N) is 1. The van der Waals surface area contributed by atoms with E-state index in [1.165, 1.54) is 0 Å². The molecular formula is C16H15ClN4. The molecule has 0 atom stereocenters. The van der Waals surface area contributed by atoms with Gasteiger partial charge < -0.3 is 5.73 Å². The summed E-state index contributed by atoms with van der Waals surface area (Å²) in [5.74, 6) is 0.519. The first-order chi connectivity index (χ1) is 10.1. The minimum Gasteiger partial charge on any atom is -0.382 e. The van der Waals surface area contributed by atoms with E-state index < -0.39 is 0 Å². The van der Waals surface area contributed by atoms with E-state index in [-0.39, 0.29) is 0 Å². The number of para-hydroxylation sites is 1. The molecule has 1 heterocycles. The summed E-state index contributed by atoms with van der Waals surface area (Å²) in [5, 5.41) is 9.13. The quantitative estimate of drug-likeness (QED) is 0.783. The number of aromatic nitrogens is 3. The highest BCUT2D eigenvalue weighted by Gasteiger charge is 2.14. The number of nitrogen functional groups attached to an aromatic ring is 1. The standard InChI is InChI=1S/C16H15ClN4/c1-10-5-3-4-6-14(10)21-16(18)15(19-20-21)12-7-8-13(17)11(2)9-12/h3-9H,18H2,1-2H3. The van der Waals surface area contributed by atoms with Gasteiger partial charge in [-0.2, -0.15) is 4.68 Å². The molecule has 0 saturated heterocycles. The third-order valence-electron chi connectivity index (χ3n) is 3.48. The van der Waals surface area contributed by atoms with Crippen molar-refractivity contribution in [2.75, 3.05) is 5.73 Å². The lowest BCUT2D eigenvalue weighted by Gasteiger charge is -2.07. The van der Waals surface area contributed by atoms with Gasteiger partial charge in [0.05, 0.1) is 5.69 Å². The Morgan fingerprint density at radius 1 is 1.05 bits per heavy atom.